The highest BCUT2D eigenvalue weighted by atomic mass is 16.5. The third-order valence-electron chi connectivity index (χ3n) is 4.00. The van der Waals surface area contributed by atoms with Crippen LogP contribution in [-0.2, 0) is 4.74 Å². The minimum absolute atomic E-state index is 0.279. The summed E-state index contributed by atoms with van der Waals surface area (Å²) in [4.78, 5) is 2.46. The summed E-state index contributed by atoms with van der Waals surface area (Å²) in [6.45, 7) is 5.04. The van der Waals surface area contributed by atoms with Crippen LogP contribution < -0.4 is 5.73 Å². The van der Waals surface area contributed by atoms with Crippen LogP contribution in [0, 0.1) is 5.92 Å². The van der Waals surface area contributed by atoms with Crippen LogP contribution in [0.2, 0.25) is 0 Å². The molecule has 0 spiro atoms. The van der Waals surface area contributed by atoms with Crippen LogP contribution in [0.15, 0.2) is 30.3 Å². The van der Waals surface area contributed by atoms with E-state index in [1.165, 1.54) is 12.0 Å². The summed E-state index contributed by atoms with van der Waals surface area (Å²) in [5.74, 6) is 0.625. The average molecular weight is 248 g/mol. The normalized spacial score (nSPS) is 27.1. The molecule has 1 heterocycles. The van der Waals surface area contributed by atoms with E-state index >= 15 is 0 Å². The van der Waals surface area contributed by atoms with Crippen LogP contribution in [0.4, 0.5) is 0 Å². The zero-order valence-electron chi connectivity index (χ0n) is 11.4. The van der Waals surface area contributed by atoms with Gasteiger partial charge in [0.15, 0.2) is 0 Å². The summed E-state index contributed by atoms with van der Waals surface area (Å²) < 4.78 is 5.39. The number of ether oxygens (including phenoxy) is 1. The Kier molecular flexibility index (Phi) is 4.75. The van der Waals surface area contributed by atoms with Crippen LogP contribution in [0.5, 0.6) is 0 Å². The van der Waals surface area contributed by atoms with Gasteiger partial charge in [-0.2, -0.15) is 0 Å². The van der Waals surface area contributed by atoms with E-state index in [4.69, 9.17) is 10.5 Å². The Labute approximate surface area is 110 Å². The van der Waals surface area contributed by atoms with Gasteiger partial charge in [-0.05, 0) is 24.4 Å². The Balaban J connectivity index is 2.11. The first-order valence-electron chi connectivity index (χ1n) is 6.76. The summed E-state index contributed by atoms with van der Waals surface area (Å²) in [6, 6.07) is 11.2. The third-order valence-corrected chi connectivity index (χ3v) is 4.00. The van der Waals surface area contributed by atoms with E-state index in [0.717, 1.165) is 19.7 Å². The molecular weight excluding hydrogens is 224 g/mol. The van der Waals surface area contributed by atoms with E-state index in [1.54, 1.807) is 7.11 Å². The minimum Gasteiger partial charge on any atom is -0.383 e. The molecule has 1 aromatic carbocycles. The molecule has 1 aliphatic heterocycles. The summed E-state index contributed by atoms with van der Waals surface area (Å²) in [5.41, 5.74) is 7.52. The van der Waals surface area contributed by atoms with Crippen LogP contribution in [0.25, 0.3) is 0 Å². The summed E-state index contributed by atoms with van der Waals surface area (Å²) in [5, 5.41) is 0. The number of benzene rings is 1. The molecule has 0 bridgehead atoms. The van der Waals surface area contributed by atoms with Gasteiger partial charge in [-0.3, -0.25) is 4.90 Å². The second kappa shape index (κ2) is 6.32. The van der Waals surface area contributed by atoms with Crippen LogP contribution >= 0.6 is 0 Å². The fraction of sp³-hybridized carbons (Fsp3) is 0.600. The molecule has 0 saturated carbocycles. The summed E-state index contributed by atoms with van der Waals surface area (Å²) in [7, 11) is 1.77. The third kappa shape index (κ3) is 3.10. The first-order chi connectivity index (χ1) is 8.72. The number of nitrogens with two attached hydrogens (primary N) is 1. The number of piperidine rings is 1. The minimum atomic E-state index is 0.279. The van der Waals surface area contributed by atoms with E-state index in [2.05, 4.69) is 42.2 Å². The number of likely N-dealkylation sites (tertiary alicyclic amines) is 1. The van der Waals surface area contributed by atoms with Crippen molar-refractivity contribution in [3.8, 4) is 0 Å². The smallest absolute Gasteiger partial charge is 0.0659 e. The van der Waals surface area contributed by atoms with Crippen molar-refractivity contribution in [1.82, 2.24) is 4.90 Å². The molecule has 18 heavy (non-hydrogen) atoms. The highest BCUT2D eigenvalue weighted by molar-refractivity contribution is 5.19. The largest absolute Gasteiger partial charge is 0.383 e. The van der Waals surface area contributed by atoms with Gasteiger partial charge in [0.25, 0.3) is 0 Å². The fourth-order valence-corrected chi connectivity index (χ4v) is 2.65. The highest BCUT2D eigenvalue weighted by Crippen LogP contribution is 2.26. The predicted octanol–water partition coefficient (Wildman–Crippen LogP) is 2.04. The Morgan fingerprint density at radius 2 is 2.11 bits per heavy atom. The number of hydrogen-bond donors (Lipinski definition) is 1. The summed E-state index contributed by atoms with van der Waals surface area (Å²) >= 11 is 0. The maximum absolute atomic E-state index is 6.20. The van der Waals surface area contributed by atoms with Crippen LogP contribution in [0.1, 0.15) is 24.9 Å². The van der Waals surface area contributed by atoms with E-state index in [-0.39, 0.29) is 6.04 Å². The molecule has 0 aromatic heterocycles. The molecular formula is C15H24N2O. The zero-order valence-corrected chi connectivity index (χ0v) is 11.4. The number of methoxy groups -OCH3 is 1. The Hall–Kier alpha value is -0.900. The number of nitrogens with zero attached hydrogens (tertiary/aromatic N) is 1. The Morgan fingerprint density at radius 3 is 2.72 bits per heavy atom. The molecule has 3 atom stereocenters. The van der Waals surface area contributed by atoms with E-state index < -0.39 is 0 Å². The van der Waals surface area contributed by atoms with Crippen molar-refractivity contribution in [3.63, 3.8) is 0 Å². The molecule has 2 rings (SSSR count). The molecule has 3 unspecified atom stereocenters. The molecule has 100 valence electrons. The van der Waals surface area contributed by atoms with Crippen LogP contribution in [0.3, 0.4) is 0 Å². The molecule has 0 amide bonds. The molecule has 3 nitrogen and oxygen atoms in total. The van der Waals surface area contributed by atoms with Gasteiger partial charge in [-0.15, -0.1) is 0 Å². The lowest BCUT2D eigenvalue weighted by Crippen LogP contribution is -2.49. The van der Waals surface area contributed by atoms with Gasteiger partial charge < -0.3 is 10.5 Å². The maximum atomic E-state index is 6.20. The van der Waals surface area contributed by atoms with Crippen LogP contribution in [-0.4, -0.2) is 37.7 Å². The number of rotatable bonds is 4. The highest BCUT2D eigenvalue weighted by Gasteiger charge is 2.28. The summed E-state index contributed by atoms with van der Waals surface area (Å²) in [6.07, 6.45) is 1.17. The van der Waals surface area contributed by atoms with E-state index in [9.17, 15) is 0 Å². The van der Waals surface area contributed by atoms with Crippen molar-refractivity contribution in [2.75, 3.05) is 26.8 Å². The van der Waals surface area contributed by atoms with Crippen molar-refractivity contribution < 1.29 is 4.74 Å². The van der Waals surface area contributed by atoms with Gasteiger partial charge in [0.1, 0.15) is 0 Å². The molecule has 0 radical (unpaired) electrons. The van der Waals surface area contributed by atoms with Gasteiger partial charge in [0, 0.05) is 19.7 Å². The standard InChI is InChI=1S/C15H24N2O/c1-12-8-9-17(10-14(12)16)15(11-18-2)13-6-4-3-5-7-13/h3-7,12,14-15H,8-11,16H2,1-2H3. The molecule has 1 aliphatic rings. The SMILES string of the molecule is COCC(c1ccccc1)N1CCC(C)C(N)C1. The lowest BCUT2D eigenvalue weighted by atomic mass is 9.92. The zero-order chi connectivity index (χ0) is 13.0. The van der Waals surface area contributed by atoms with Gasteiger partial charge >= 0.3 is 0 Å². The van der Waals surface area contributed by atoms with Crippen molar-refractivity contribution >= 4 is 0 Å². The van der Waals surface area contributed by atoms with Crippen molar-refractivity contribution in [2.45, 2.75) is 25.4 Å². The number of hydrogen-bond acceptors (Lipinski definition) is 3. The fourth-order valence-electron chi connectivity index (χ4n) is 2.65. The predicted molar refractivity (Wildman–Crippen MR) is 74.4 cm³/mol. The van der Waals surface area contributed by atoms with E-state index in [0.29, 0.717) is 12.0 Å². The Morgan fingerprint density at radius 1 is 1.39 bits per heavy atom. The molecule has 2 N–H and O–H groups in total. The second-order valence-corrected chi connectivity index (χ2v) is 5.31. The van der Waals surface area contributed by atoms with Gasteiger partial charge in [-0.1, -0.05) is 37.3 Å². The monoisotopic (exact) mass is 248 g/mol. The molecule has 1 aromatic rings. The van der Waals surface area contributed by atoms with Crippen molar-refractivity contribution in [3.05, 3.63) is 35.9 Å². The lowest BCUT2D eigenvalue weighted by Gasteiger charge is -2.40. The molecule has 1 saturated heterocycles. The average Bonchev–Trinajstić information content (AvgIpc) is 2.40. The van der Waals surface area contributed by atoms with Gasteiger partial charge in [-0.25, -0.2) is 0 Å². The van der Waals surface area contributed by atoms with Gasteiger partial charge in [0.2, 0.25) is 0 Å². The first kappa shape index (κ1) is 13.5. The maximum Gasteiger partial charge on any atom is 0.0659 e. The molecule has 3 heteroatoms. The van der Waals surface area contributed by atoms with Crippen molar-refractivity contribution in [2.24, 2.45) is 11.7 Å². The lowest BCUT2D eigenvalue weighted by molar-refractivity contribution is 0.0585. The topological polar surface area (TPSA) is 38.5 Å². The Bertz CT molecular complexity index is 355. The molecule has 1 fully saturated rings. The van der Waals surface area contributed by atoms with E-state index in [1.807, 2.05) is 0 Å². The molecule has 0 aliphatic carbocycles. The quantitative estimate of drug-likeness (QED) is 0.886. The second-order valence-electron chi connectivity index (χ2n) is 5.31. The van der Waals surface area contributed by atoms with Gasteiger partial charge in [0.05, 0.1) is 12.6 Å². The van der Waals surface area contributed by atoms with Crippen molar-refractivity contribution in [1.29, 1.82) is 0 Å². The first-order valence-corrected chi connectivity index (χ1v) is 6.76.